The molecule has 2 rings (SSSR count). The molecule has 3 amide bonds. The number of rotatable bonds is 4. The normalized spacial score (nSPS) is 16.1. The van der Waals surface area contributed by atoms with Gasteiger partial charge in [-0.05, 0) is 52.7 Å². The summed E-state index contributed by atoms with van der Waals surface area (Å²) >= 11 is 12.0. The van der Waals surface area contributed by atoms with Crippen LogP contribution in [0.15, 0.2) is 18.2 Å². The SMILES string of the molecule is CC(NC(=O)c1cccc(Cl)c1Cl)C(=O)NC1CCN(C(=O)OC(C)(C)C)CC1. The Kier molecular flexibility index (Phi) is 7.77. The Labute approximate surface area is 181 Å². The molecular weight excluding hydrogens is 417 g/mol. The van der Waals surface area contributed by atoms with E-state index in [4.69, 9.17) is 27.9 Å². The Morgan fingerprint density at radius 3 is 2.38 bits per heavy atom. The highest BCUT2D eigenvalue weighted by atomic mass is 35.5. The van der Waals surface area contributed by atoms with Crippen LogP contribution in [-0.2, 0) is 9.53 Å². The van der Waals surface area contributed by atoms with E-state index in [0.29, 0.717) is 25.9 Å². The van der Waals surface area contributed by atoms with Crippen LogP contribution >= 0.6 is 23.2 Å². The number of likely N-dealkylation sites (tertiary alicyclic amines) is 1. The van der Waals surface area contributed by atoms with Crippen molar-refractivity contribution in [1.29, 1.82) is 0 Å². The van der Waals surface area contributed by atoms with Crippen LogP contribution in [0.25, 0.3) is 0 Å². The standard InChI is InChI=1S/C20H27Cl2N3O4/c1-12(23-18(27)14-6-5-7-15(21)16(14)22)17(26)24-13-8-10-25(11-9-13)19(28)29-20(2,3)4/h5-7,12-13H,8-11H2,1-4H3,(H,23,27)(H,24,26). The molecule has 7 nitrogen and oxygen atoms in total. The van der Waals surface area contributed by atoms with Crippen LogP contribution in [0, 0.1) is 0 Å². The van der Waals surface area contributed by atoms with Gasteiger partial charge in [0, 0.05) is 19.1 Å². The predicted octanol–water partition coefficient (Wildman–Crippen LogP) is 3.63. The minimum absolute atomic E-state index is 0.0738. The second-order valence-electron chi connectivity index (χ2n) is 8.05. The lowest BCUT2D eigenvalue weighted by atomic mass is 10.0. The first kappa shape index (κ1) is 23.3. The van der Waals surface area contributed by atoms with Gasteiger partial charge in [-0.1, -0.05) is 29.3 Å². The van der Waals surface area contributed by atoms with Crippen LogP contribution < -0.4 is 10.6 Å². The van der Waals surface area contributed by atoms with E-state index in [0.717, 1.165) is 0 Å². The Morgan fingerprint density at radius 2 is 1.79 bits per heavy atom. The zero-order valence-electron chi connectivity index (χ0n) is 17.1. The highest BCUT2D eigenvalue weighted by Gasteiger charge is 2.28. The molecule has 1 aromatic rings. The van der Waals surface area contributed by atoms with E-state index in [1.54, 1.807) is 30.0 Å². The number of piperidine rings is 1. The highest BCUT2D eigenvalue weighted by molar-refractivity contribution is 6.43. The summed E-state index contributed by atoms with van der Waals surface area (Å²) in [6, 6.07) is 3.92. The third kappa shape index (κ3) is 6.78. The van der Waals surface area contributed by atoms with Gasteiger partial charge in [0.2, 0.25) is 5.91 Å². The lowest BCUT2D eigenvalue weighted by molar-refractivity contribution is -0.123. The summed E-state index contributed by atoms with van der Waals surface area (Å²) in [6.07, 6.45) is 0.888. The smallest absolute Gasteiger partial charge is 0.410 e. The fourth-order valence-corrected chi connectivity index (χ4v) is 3.26. The van der Waals surface area contributed by atoms with Gasteiger partial charge in [0.15, 0.2) is 0 Å². The van der Waals surface area contributed by atoms with Gasteiger partial charge < -0.3 is 20.3 Å². The molecule has 1 saturated heterocycles. The van der Waals surface area contributed by atoms with E-state index in [1.807, 2.05) is 20.8 Å². The molecule has 1 fully saturated rings. The van der Waals surface area contributed by atoms with Crippen molar-refractivity contribution in [2.24, 2.45) is 0 Å². The Balaban J connectivity index is 1.82. The average molecular weight is 444 g/mol. The number of benzene rings is 1. The molecule has 0 saturated carbocycles. The summed E-state index contributed by atoms with van der Waals surface area (Å²) in [6.45, 7) is 8.07. The third-order valence-corrected chi connectivity index (χ3v) is 5.25. The molecule has 9 heteroatoms. The lowest BCUT2D eigenvalue weighted by Gasteiger charge is -2.34. The summed E-state index contributed by atoms with van der Waals surface area (Å²) in [5.74, 6) is -0.771. The highest BCUT2D eigenvalue weighted by Crippen LogP contribution is 2.25. The number of carbonyl (C=O) groups excluding carboxylic acids is 3. The average Bonchev–Trinajstić information content (AvgIpc) is 2.63. The molecule has 1 heterocycles. The molecule has 29 heavy (non-hydrogen) atoms. The number of hydrogen-bond acceptors (Lipinski definition) is 4. The summed E-state index contributed by atoms with van der Waals surface area (Å²) in [7, 11) is 0. The molecular formula is C20H27Cl2N3O4. The first-order chi connectivity index (χ1) is 13.5. The van der Waals surface area contributed by atoms with Crippen molar-refractivity contribution in [3.8, 4) is 0 Å². The van der Waals surface area contributed by atoms with Crippen molar-refractivity contribution < 1.29 is 19.1 Å². The molecule has 2 N–H and O–H groups in total. The van der Waals surface area contributed by atoms with E-state index in [2.05, 4.69) is 10.6 Å². The van der Waals surface area contributed by atoms with Crippen LogP contribution in [0.1, 0.15) is 50.9 Å². The quantitative estimate of drug-likeness (QED) is 0.743. The summed E-state index contributed by atoms with van der Waals surface area (Å²) in [4.78, 5) is 38.6. The molecule has 0 aliphatic carbocycles. The number of nitrogens with zero attached hydrogens (tertiary/aromatic N) is 1. The van der Waals surface area contributed by atoms with Gasteiger partial charge in [-0.2, -0.15) is 0 Å². The first-order valence-electron chi connectivity index (χ1n) is 9.51. The van der Waals surface area contributed by atoms with Crippen LogP contribution in [0.5, 0.6) is 0 Å². The minimum Gasteiger partial charge on any atom is -0.444 e. The maximum absolute atomic E-state index is 12.4. The van der Waals surface area contributed by atoms with Gasteiger partial charge in [-0.25, -0.2) is 4.79 Å². The van der Waals surface area contributed by atoms with E-state index in [-0.39, 0.29) is 33.7 Å². The zero-order valence-corrected chi connectivity index (χ0v) is 18.6. The second-order valence-corrected chi connectivity index (χ2v) is 8.83. The van der Waals surface area contributed by atoms with Gasteiger partial charge in [0.05, 0.1) is 15.6 Å². The van der Waals surface area contributed by atoms with Gasteiger partial charge in [0.25, 0.3) is 5.91 Å². The minimum atomic E-state index is -0.749. The molecule has 0 spiro atoms. The second kappa shape index (κ2) is 9.67. The molecule has 0 aromatic heterocycles. The summed E-state index contributed by atoms with van der Waals surface area (Å²) < 4.78 is 5.37. The maximum atomic E-state index is 12.4. The van der Waals surface area contributed by atoms with E-state index in [1.165, 1.54) is 0 Å². The van der Waals surface area contributed by atoms with Crippen LogP contribution in [0.3, 0.4) is 0 Å². The molecule has 160 valence electrons. The first-order valence-corrected chi connectivity index (χ1v) is 10.3. The number of carbonyl (C=O) groups is 3. The van der Waals surface area contributed by atoms with E-state index >= 15 is 0 Å². The third-order valence-electron chi connectivity index (χ3n) is 4.43. The molecule has 1 aromatic carbocycles. The molecule has 1 atom stereocenters. The van der Waals surface area contributed by atoms with Crippen molar-refractivity contribution in [2.45, 2.75) is 58.2 Å². The molecule has 0 bridgehead atoms. The van der Waals surface area contributed by atoms with Crippen molar-refractivity contribution in [2.75, 3.05) is 13.1 Å². The van der Waals surface area contributed by atoms with Gasteiger partial charge >= 0.3 is 6.09 Å². The van der Waals surface area contributed by atoms with Crippen molar-refractivity contribution in [1.82, 2.24) is 15.5 Å². The Bertz CT molecular complexity index is 771. The van der Waals surface area contributed by atoms with Crippen LogP contribution in [-0.4, -0.2) is 53.6 Å². The molecule has 1 aliphatic heterocycles. The monoisotopic (exact) mass is 443 g/mol. The molecule has 0 radical (unpaired) electrons. The Hall–Kier alpha value is -1.99. The maximum Gasteiger partial charge on any atom is 0.410 e. The summed E-state index contributed by atoms with van der Waals surface area (Å²) in [5, 5.41) is 5.96. The van der Waals surface area contributed by atoms with Gasteiger partial charge in [-0.3, -0.25) is 9.59 Å². The molecule has 1 aliphatic rings. The molecule has 1 unspecified atom stereocenters. The fourth-order valence-electron chi connectivity index (χ4n) is 2.88. The van der Waals surface area contributed by atoms with E-state index in [9.17, 15) is 14.4 Å². The number of hydrogen-bond donors (Lipinski definition) is 2. The predicted molar refractivity (Wildman–Crippen MR) is 112 cm³/mol. The fraction of sp³-hybridized carbons (Fsp3) is 0.550. The van der Waals surface area contributed by atoms with Gasteiger partial charge in [-0.15, -0.1) is 0 Å². The number of halogens is 2. The topological polar surface area (TPSA) is 87.7 Å². The zero-order chi connectivity index (χ0) is 21.8. The number of amides is 3. The number of ether oxygens (including phenoxy) is 1. The van der Waals surface area contributed by atoms with Crippen molar-refractivity contribution in [3.05, 3.63) is 33.8 Å². The van der Waals surface area contributed by atoms with E-state index < -0.39 is 17.6 Å². The largest absolute Gasteiger partial charge is 0.444 e. The number of nitrogens with one attached hydrogen (secondary N) is 2. The van der Waals surface area contributed by atoms with Crippen LogP contribution in [0.2, 0.25) is 10.0 Å². The Morgan fingerprint density at radius 1 is 1.17 bits per heavy atom. The van der Waals surface area contributed by atoms with Gasteiger partial charge in [0.1, 0.15) is 11.6 Å². The van der Waals surface area contributed by atoms with Crippen LogP contribution in [0.4, 0.5) is 4.79 Å². The lowest BCUT2D eigenvalue weighted by Crippen LogP contribution is -2.52. The van der Waals surface area contributed by atoms with Crippen molar-refractivity contribution >= 4 is 41.1 Å². The van der Waals surface area contributed by atoms with Crippen molar-refractivity contribution in [3.63, 3.8) is 0 Å². The summed E-state index contributed by atoms with van der Waals surface area (Å²) in [5.41, 5.74) is -0.328.